The first kappa shape index (κ1) is 20.5. The van der Waals surface area contributed by atoms with Crippen molar-refractivity contribution in [1.82, 2.24) is 15.3 Å². The highest BCUT2D eigenvalue weighted by Crippen LogP contribution is 2.28. The van der Waals surface area contributed by atoms with Gasteiger partial charge in [-0.05, 0) is 75.4 Å². The molecule has 5 rings (SSSR count). The summed E-state index contributed by atoms with van der Waals surface area (Å²) in [6, 6.07) is 14.4. The van der Waals surface area contributed by atoms with E-state index in [-0.39, 0.29) is 0 Å². The third-order valence-corrected chi connectivity index (χ3v) is 5.53. The molecule has 0 saturated carbocycles. The zero-order valence-corrected chi connectivity index (χ0v) is 17.4. The Morgan fingerprint density at radius 1 is 0.933 bits per heavy atom. The molecule has 0 unspecified atom stereocenters. The van der Waals surface area contributed by atoms with Crippen LogP contribution in [0, 0.1) is 0 Å². The minimum absolute atomic E-state index is 0.757. The molecule has 0 fully saturated rings. The first-order valence-corrected chi connectivity index (χ1v) is 10.9. The van der Waals surface area contributed by atoms with Crippen LogP contribution >= 0.6 is 0 Å². The van der Waals surface area contributed by atoms with Crippen LogP contribution in [0.2, 0.25) is 0 Å². The van der Waals surface area contributed by atoms with Crippen LogP contribution in [-0.2, 0) is 19.4 Å². The van der Waals surface area contributed by atoms with E-state index in [1.54, 1.807) is 0 Å². The van der Waals surface area contributed by atoms with Crippen molar-refractivity contribution in [2.45, 2.75) is 45.1 Å². The quantitative estimate of drug-likeness (QED) is 0.454. The van der Waals surface area contributed by atoms with Crippen molar-refractivity contribution in [3.05, 3.63) is 71.8 Å². The number of benzene rings is 1. The molecule has 4 aromatic rings. The maximum atomic E-state index is 5.77. The molecule has 156 valence electrons. The van der Waals surface area contributed by atoms with Crippen LogP contribution in [0.25, 0.3) is 21.9 Å². The van der Waals surface area contributed by atoms with Crippen LogP contribution in [0.4, 0.5) is 0 Å². The first-order chi connectivity index (χ1) is 14.8. The van der Waals surface area contributed by atoms with Gasteiger partial charge in [0.2, 0.25) is 0 Å². The van der Waals surface area contributed by atoms with Gasteiger partial charge in [-0.2, -0.15) is 0 Å². The van der Waals surface area contributed by atoms with Crippen molar-refractivity contribution < 1.29 is 4.42 Å². The number of rotatable bonds is 6. The monoisotopic (exact) mass is 402 g/mol. The van der Waals surface area contributed by atoms with Crippen LogP contribution in [0.3, 0.4) is 0 Å². The summed E-state index contributed by atoms with van der Waals surface area (Å²) in [5.41, 5.74) is 11.1. The highest BCUT2D eigenvalue weighted by Gasteiger charge is 2.08. The van der Waals surface area contributed by atoms with E-state index in [2.05, 4.69) is 33.5 Å². The summed E-state index contributed by atoms with van der Waals surface area (Å²) in [6.07, 6.45) is 11.0. The van der Waals surface area contributed by atoms with Crippen molar-refractivity contribution in [2.75, 3.05) is 13.1 Å². The van der Waals surface area contributed by atoms with E-state index >= 15 is 0 Å². The van der Waals surface area contributed by atoms with Crippen LogP contribution in [0.5, 0.6) is 0 Å². The number of hydrogen-bond donors (Lipinski definition) is 2. The second-order valence-electron chi connectivity index (χ2n) is 7.76. The molecular weight excluding hydrogens is 372 g/mol. The van der Waals surface area contributed by atoms with Crippen LogP contribution in [0.1, 0.15) is 42.6 Å². The average Bonchev–Trinajstić information content (AvgIpc) is 3.17. The van der Waals surface area contributed by atoms with E-state index in [0.717, 1.165) is 60.1 Å². The number of para-hydroxylation sites is 1. The maximum Gasteiger partial charge on any atom is 0.153 e. The molecule has 0 radical (unpaired) electrons. The van der Waals surface area contributed by atoms with Crippen molar-refractivity contribution >= 4 is 21.9 Å². The van der Waals surface area contributed by atoms with Gasteiger partial charge < -0.3 is 15.5 Å². The Kier molecular flexibility index (Phi) is 7.06. The largest absolute Gasteiger partial charge is 0.454 e. The van der Waals surface area contributed by atoms with Gasteiger partial charge in [-0.25, -0.2) is 0 Å². The van der Waals surface area contributed by atoms with Gasteiger partial charge >= 0.3 is 0 Å². The highest BCUT2D eigenvalue weighted by atomic mass is 16.3. The van der Waals surface area contributed by atoms with Crippen molar-refractivity contribution in [1.29, 1.82) is 0 Å². The molecule has 0 amide bonds. The van der Waals surface area contributed by atoms with Gasteiger partial charge in [0.25, 0.3) is 0 Å². The third-order valence-electron chi connectivity index (χ3n) is 5.53. The fourth-order valence-electron chi connectivity index (χ4n) is 3.91. The SMILES string of the molecule is NCCCCNCc1cc2c(cn1)oc1ccccc12.c1cnc2c(c1)CCCC2. The average molecular weight is 403 g/mol. The van der Waals surface area contributed by atoms with Crippen molar-refractivity contribution in [3.8, 4) is 0 Å². The lowest BCUT2D eigenvalue weighted by Crippen LogP contribution is -2.16. The second-order valence-corrected chi connectivity index (χ2v) is 7.76. The molecule has 1 aliphatic rings. The summed E-state index contributed by atoms with van der Waals surface area (Å²) in [7, 11) is 0. The van der Waals surface area contributed by atoms with Gasteiger partial charge in [-0.15, -0.1) is 0 Å². The Morgan fingerprint density at radius 2 is 1.83 bits per heavy atom. The molecule has 0 atom stereocenters. The number of aryl methyl sites for hydroxylation is 2. The molecule has 0 bridgehead atoms. The van der Waals surface area contributed by atoms with E-state index in [1.165, 1.54) is 36.9 Å². The highest BCUT2D eigenvalue weighted by molar-refractivity contribution is 6.04. The van der Waals surface area contributed by atoms with E-state index in [4.69, 9.17) is 10.2 Å². The first-order valence-electron chi connectivity index (χ1n) is 10.9. The smallest absolute Gasteiger partial charge is 0.153 e. The number of furan rings is 1. The predicted octanol–water partition coefficient (Wildman–Crippen LogP) is 4.77. The number of fused-ring (bicyclic) bond motifs is 4. The summed E-state index contributed by atoms with van der Waals surface area (Å²) >= 11 is 0. The Hall–Kier alpha value is -2.76. The van der Waals surface area contributed by atoms with E-state index in [0.29, 0.717) is 0 Å². The summed E-state index contributed by atoms with van der Waals surface area (Å²) in [5.74, 6) is 0. The van der Waals surface area contributed by atoms with Gasteiger partial charge in [0, 0.05) is 29.2 Å². The van der Waals surface area contributed by atoms with Crippen LogP contribution in [-0.4, -0.2) is 23.1 Å². The topological polar surface area (TPSA) is 77.0 Å². The van der Waals surface area contributed by atoms with Crippen molar-refractivity contribution in [3.63, 3.8) is 0 Å². The van der Waals surface area contributed by atoms with Crippen molar-refractivity contribution in [2.24, 2.45) is 5.73 Å². The van der Waals surface area contributed by atoms with Gasteiger partial charge in [-0.1, -0.05) is 24.3 Å². The number of aromatic nitrogens is 2. The normalized spacial score (nSPS) is 13.1. The van der Waals surface area contributed by atoms with E-state index < -0.39 is 0 Å². The fourth-order valence-corrected chi connectivity index (χ4v) is 3.91. The Bertz CT molecular complexity index is 1060. The molecule has 5 heteroatoms. The molecule has 1 aliphatic carbocycles. The molecule has 0 aliphatic heterocycles. The number of nitrogens with zero attached hydrogens (tertiary/aromatic N) is 2. The maximum absolute atomic E-state index is 5.77. The summed E-state index contributed by atoms with van der Waals surface area (Å²) in [4.78, 5) is 8.76. The summed E-state index contributed by atoms with van der Waals surface area (Å²) in [6.45, 7) is 2.51. The molecule has 30 heavy (non-hydrogen) atoms. The molecule has 3 N–H and O–H groups in total. The standard InChI is InChI=1S/C16H19N3O.C9H11N/c17-7-3-4-8-18-10-12-9-14-13-5-1-2-6-15(13)20-16(14)11-19-12;1-2-6-9-8(4-1)5-3-7-10-9/h1-2,5-6,9,11,18H,3-4,7-8,10,17H2;3,5,7H,1-2,4,6H2. The molecule has 0 spiro atoms. The van der Waals surface area contributed by atoms with E-state index in [1.807, 2.05) is 36.7 Å². The third kappa shape index (κ3) is 5.04. The number of unbranched alkanes of at least 4 members (excludes halogenated alkanes) is 1. The van der Waals surface area contributed by atoms with E-state index in [9.17, 15) is 0 Å². The Morgan fingerprint density at radius 3 is 2.73 bits per heavy atom. The lowest BCUT2D eigenvalue weighted by molar-refractivity contribution is 0.620. The molecule has 3 aromatic heterocycles. The van der Waals surface area contributed by atoms with Gasteiger partial charge in [-0.3, -0.25) is 9.97 Å². The molecule has 0 saturated heterocycles. The number of nitrogens with one attached hydrogen (secondary N) is 1. The zero-order chi connectivity index (χ0) is 20.6. The summed E-state index contributed by atoms with van der Waals surface area (Å²) in [5, 5.41) is 5.67. The fraction of sp³-hybridized carbons (Fsp3) is 0.360. The summed E-state index contributed by atoms with van der Waals surface area (Å²) < 4.78 is 5.77. The molecular formula is C25H30N4O. The minimum atomic E-state index is 0.757. The second kappa shape index (κ2) is 10.3. The van der Waals surface area contributed by atoms with Gasteiger partial charge in [0.15, 0.2) is 5.58 Å². The predicted molar refractivity (Wildman–Crippen MR) is 122 cm³/mol. The number of pyridine rings is 2. The lowest BCUT2D eigenvalue weighted by Gasteiger charge is -2.12. The molecule has 5 nitrogen and oxygen atoms in total. The zero-order valence-electron chi connectivity index (χ0n) is 17.4. The van der Waals surface area contributed by atoms with Crippen LogP contribution in [0.15, 0.2) is 59.3 Å². The Balaban J connectivity index is 0.000000181. The molecule has 3 heterocycles. The van der Waals surface area contributed by atoms with Gasteiger partial charge in [0.05, 0.1) is 11.9 Å². The van der Waals surface area contributed by atoms with Gasteiger partial charge in [0.1, 0.15) is 5.58 Å². The van der Waals surface area contributed by atoms with Crippen LogP contribution < -0.4 is 11.1 Å². The number of nitrogens with two attached hydrogens (primary N) is 1. The number of hydrogen-bond acceptors (Lipinski definition) is 5. The minimum Gasteiger partial charge on any atom is -0.454 e. The molecule has 1 aromatic carbocycles. The lowest BCUT2D eigenvalue weighted by atomic mass is 9.96. The Labute approximate surface area is 177 Å².